The number of benzene rings is 1. The van der Waals surface area contributed by atoms with Crippen LogP contribution in [0.25, 0.3) is 0 Å². The van der Waals surface area contributed by atoms with Crippen molar-refractivity contribution in [3.8, 4) is 0 Å². The maximum Gasteiger partial charge on any atom is 0.0973 e. The van der Waals surface area contributed by atoms with Gasteiger partial charge in [-0.2, -0.15) is 0 Å². The summed E-state index contributed by atoms with van der Waals surface area (Å²) in [4.78, 5) is 2.17. The molecule has 1 aromatic carbocycles. The van der Waals surface area contributed by atoms with Crippen molar-refractivity contribution in [2.45, 2.75) is 19.1 Å². The number of methoxy groups -OCH3 is 1. The van der Waals surface area contributed by atoms with Crippen LogP contribution in [0.15, 0.2) is 30.3 Å². The average molecular weight is 193 g/mol. The molecule has 0 aromatic heterocycles. The van der Waals surface area contributed by atoms with Gasteiger partial charge < -0.3 is 9.64 Å². The minimum atomic E-state index is 0.145. The molecule has 0 radical (unpaired) electrons. The second-order valence-electron chi connectivity index (χ2n) is 3.77. The quantitative estimate of drug-likeness (QED) is 0.727. The molecule has 0 heterocycles. The lowest BCUT2D eigenvalue weighted by atomic mass is 10.0. The van der Waals surface area contributed by atoms with Crippen LogP contribution in [0.3, 0.4) is 0 Å². The van der Waals surface area contributed by atoms with Gasteiger partial charge in [0, 0.05) is 13.2 Å². The van der Waals surface area contributed by atoms with Crippen molar-refractivity contribution in [3.63, 3.8) is 0 Å². The van der Waals surface area contributed by atoms with Gasteiger partial charge in [-0.25, -0.2) is 0 Å². The van der Waals surface area contributed by atoms with Crippen LogP contribution < -0.4 is 0 Å². The van der Waals surface area contributed by atoms with Gasteiger partial charge in [0.15, 0.2) is 0 Å². The zero-order chi connectivity index (χ0) is 10.6. The lowest BCUT2D eigenvalue weighted by molar-refractivity contribution is 0.0388. The normalized spacial score (nSPS) is 15.5. The fourth-order valence-corrected chi connectivity index (χ4v) is 1.53. The van der Waals surface area contributed by atoms with Crippen molar-refractivity contribution in [2.24, 2.45) is 0 Å². The van der Waals surface area contributed by atoms with Gasteiger partial charge in [0.1, 0.15) is 0 Å². The van der Waals surface area contributed by atoms with Gasteiger partial charge in [-0.15, -0.1) is 0 Å². The predicted molar refractivity (Wildman–Crippen MR) is 59.3 cm³/mol. The van der Waals surface area contributed by atoms with Crippen LogP contribution in [-0.4, -0.2) is 32.1 Å². The lowest BCUT2D eigenvalue weighted by Crippen LogP contribution is -2.32. The molecule has 2 heteroatoms. The molecule has 0 aliphatic carbocycles. The molecule has 78 valence electrons. The lowest BCUT2D eigenvalue weighted by Gasteiger charge is -2.28. The summed E-state index contributed by atoms with van der Waals surface area (Å²) in [5, 5.41) is 0. The Morgan fingerprint density at radius 2 is 1.71 bits per heavy atom. The van der Waals surface area contributed by atoms with Crippen LogP contribution in [0.4, 0.5) is 0 Å². The molecule has 0 saturated carbocycles. The number of ether oxygens (including phenoxy) is 1. The topological polar surface area (TPSA) is 12.5 Å². The van der Waals surface area contributed by atoms with E-state index in [1.54, 1.807) is 7.11 Å². The molecule has 0 N–H and O–H groups in total. The molecule has 1 rings (SSSR count). The summed E-state index contributed by atoms with van der Waals surface area (Å²) in [7, 11) is 5.90. The van der Waals surface area contributed by atoms with E-state index in [1.165, 1.54) is 5.56 Å². The van der Waals surface area contributed by atoms with Crippen molar-refractivity contribution in [1.29, 1.82) is 0 Å². The Morgan fingerprint density at radius 1 is 1.14 bits per heavy atom. The van der Waals surface area contributed by atoms with Gasteiger partial charge in [-0.1, -0.05) is 30.3 Å². The van der Waals surface area contributed by atoms with E-state index >= 15 is 0 Å². The third-order valence-corrected chi connectivity index (χ3v) is 2.63. The molecule has 0 fully saturated rings. The molecule has 0 unspecified atom stereocenters. The summed E-state index contributed by atoms with van der Waals surface area (Å²) in [5.74, 6) is 0. The molecule has 0 amide bonds. The molecule has 0 aliphatic rings. The van der Waals surface area contributed by atoms with E-state index in [-0.39, 0.29) is 6.10 Å². The van der Waals surface area contributed by atoms with Crippen LogP contribution in [-0.2, 0) is 4.74 Å². The molecule has 0 saturated heterocycles. The Balaban J connectivity index is 2.82. The van der Waals surface area contributed by atoms with Gasteiger partial charge in [0.05, 0.1) is 6.10 Å². The van der Waals surface area contributed by atoms with Gasteiger partial charge in [0.2, 0.25) is 0 Å². The highest BCUT2D eigenvalue weighted by molar-refractivity contribution is 5.18. The number of rotatable bonds is 4. The van der Waals surface area contributed by atoms with E-state index in [2.05, 4.69) is 38.1 Å². The number of likely N-dealkylation sites (N-methyl/N-ethyl adjacent to an activating group) is 1. The van der Waals surface area contributed by atoms with E-state index < -0.39 is 0 Å². The minimum absolute atomic E-state index is 0.145. The van der Waals surface area contributed by atoms with E-state index in [4.69, 9.17) is 4.74 Å². The molecule has 0 aliphatic heterocycles. The Bertz CT molecular complexity index is 258. The van der Waals surface area contributed by atoms with Crippen molar-refractivity contribution in [1.82, 2.24) is 4.90 Å². The Labute approximate surface area is 86.5 Å². The first-order valence-electron chi connectivity index (χ1n) is 4.91. The van der Waals surface area contributed by atoms with E-state index in [1.807, 2.05) is 18.2 Å². The SMILES string of the molecule is CO[C@H](c1ccccc1)[C@H](C)N(C)C. The maximum atomic E-state index is 5.52. The van der Waals surface area contributed by atoms with Gasteiger partial charge in [-0.05, 0) is 26.6 Å². The highest BCUT2D eigenvalue weighted by Crippen LogP contribution is 2.22. The fraction of sp³-hybridized carbons (Fsp3) is 0.500. The van der Waals surface area contributed by atoms with Crippen LogP contribution in [0.5, 0.6) is 0 Å². The molecular formula is C12H19NO. The Hall–Kier alpha value is -0.860. The van der Waals surface area contributed by atoms with Gasteiger partial charge in [-0.3, -0.25) is 0 Å². The number of hydrogen-bond acceptors (Lipinski definition) is 2. The van der Waals surface area contributed by atoms with Gasteiger partial charge >= 0.3 is 0 Å². The van der Waals surface area contributed by atoms with Crippen LogP contribution in [0.1, 0.15) is 18.6 Å². The van der Waals surface area contributed by atoms with E-state index in [0.29, 0.717) is 6.04 Å². The second-order valence-corrected chi connectivity index (χ2v) is 3.77. The molecule has 2 atom stereocenters. The van der Waals surface area contributed by atoms with Gasteiger partial charge in [0.25, 0.3) is 0 Å². The van der Waals surface area contributed by atoms with Crippen molar-refractivity contribution >= 4 is 0 Å². The largest absolute Gasteiger partial charge is 0.375 e. The molecular weight excluding hydrogens is 174 g/mol. The van der Waals surface area contributed by atoms with Crippen molar-refractivity contribution in [2.75, 3.05) is 21.2 Å². The predicted octanol–water partition coefficient (Wildman–Crippen LogP) is 2.32. The average Bonchev–Trinajstić information content (AvgIpc) is 2.20. The smallest absolute Gasteiger partial charge is 0.0973 e. The summed E-state index contributed by atoms with van der Waals surface area (Å²) in [6.07, 6.45) is 0.145. The Kier molecular flexibility index (Phi) is 4.11. The van der Waals surface area contributed by atoms with Crippen LogP contribution in [0.2, 0.25) is 0 Å². The standard InChI is InChI=1S/C12H19NO/c1-10(13(2)3)12(14-4)11-8-6-5-7-9-11/h5-10,12H,1-4H3/t10-,12-/m0/s1. The summed E-state index contributed by atoms with van der Waals surface area (Å²) in [6.45, 7) is 2.17. The van der Waals surface area contributed by atoms with Crippen molar-refractivity contribution in [3.05, 3.63) is 35.9 Å². The zero-order valence-corrected chi connectivity index (χ0v) is 9.40. The van der Waals surface area contributed by atoms with E-state index in [9.17, 15) is 0 Å². The number of hydrogen-bond donors (Lipinski definition) is 0. The first-order valence-corrected chi connectivity index (χ1v) is 4.91. The molecule has 0 bridgehead atoms. The third-order valence-electron chi connectivity index (χ3n) is 2.63. The maximum absolute atomic E-state index is 5.52. The Morgan fingerprint density at radius 3 is 2.14 bits per heavy atom. The summed E-state index contributed by atoms with van der Waals surface area (Å²) in [5.41, 5.74) is 1.23. The summed E-state index contributed by atoms with van der Waals surface area (Å²) >= 11 is 0. The second kappa shape index (κ2) is 5.13. The third kappa shape index (κ3) is 2.56. The van der Waals surface area contributed by atoms with Crippen LogP contribution in [0, 0.1) is 0 Å². The van der Waals surface area contributed by atoms with Crippen LogP contribution >= 0.6 is 0 Å². The first kappa shape index (κ1) is 11.2. The first-order chi connectivity index (χ1) is 6.66. The monoisotopic (exact) mass is 193 g/mol. The minimum Gasteiger partial charge on any atom is -0.375 e. The molecule has 2 nitrogen and oxygen atoms in total. The zero-order valence-electron chi connectivity index (χ0n) is 9.40. The highest BCUT2D eigenvalue weighted by Gasteiger charge is 2.19. The molecule has 0 spiro atoms. The summed E-state index contributed by atoms with van der Waals surface area (Å²) in [6, 6.07) is 10.7. The molecule has 14 heavy (non-hydrogen) atoms. The van der Waals surface area contributed by atoms with E-state index in [0.717, 1.165) is 0 Å². The van der Waals surface area contributed by atoms with Crippen molar-refractivity contribution < 1.29 is 4.74 Å². The summed E-state index contributed by atoms with van der Waals surface area (Å²) < 4.78 is 5.52. The molecule has 1 aromatic rings. The highest BCUT2D eigenvalue weighted by atomic mass is 16.5. The fourth-order valence-electron chi connectivity index (χ4n) is 1.53. The number of nitrogens with zero attached hydrogens (tertiary/aromatic N) is 1.